The number of nitrogens with zero attached hydrogens (tertiary/aromatic N) is 1. The Morgan fingerprint density at radius 3 is 2.85 bits per heavy atom. The Labute approximate surface area is 126 Å². The van der Waals surface area contributed by atoms with Crippen molar-refractivity contribution in [1.82, 2.24) is 9.62 Å². The lowest BCUT2D eigenvalue weighted by atomic mass is 10.0. The summed E-state index contributed by atoms with van der Waals surface area (Å²) in [5, 5.41) is 3.09. The Balaban J connectivity index is 2.23. The molecule has 0 radical (unpaired) electrons. The molecule has 0 aromatic carbocycles. The number of thiophene rings is 1. The van der Waals surface area contributed by atoms with Gasteiger partial charge in [-0.1, -0.05) is 6.92 Å². The van der Waals surface area contributed by atoms with E-state index in [0.717, 1.165) is 36.2 Å². The van der Waals surface area contributed by atoms with E-state index in [2.05, 4.69) is 12.2 Å². The van der Waals surface area contributed by atoms with Crippen LogP contribution in [0, 0.1) is 12.8 Å². The molecule has 20 heavy (non-hydrogen) atoms. The summed E-state index contributed by atoms with van der Waals surface area (Å²) >= 11 is 1.40. The van der Waals surface area contributed by atoms with Gasteiger partial charge in [0.25, 0.3) is 10.0 Å². The molecule has 0 bridgehead atoms. The molecule has 1 aromatic rings. The molecule has 0 amide bonds. The minimum Gasteiger partial charge on any atom is -0.315 e. The largest absolute Gasteiger partial charge is 0.315 e. The molecule has 2 rings (SSSR count). The van der Waals surface area contributed by atoms with Crippen molar-refractivity contribution in [2.24, 2.45) is 5.92 Å². The third-order valence-electron chi connectivity index (χ3n) is 3.91. The first kappa shape index (κ1) is 15.9. The summed E-state index contributed by atoms with van der Waals surface area (Å²) in [7, 11) is -1.43. The normalized spacial score (nSPS) is 21.9. The first-order valence-corrected chi connectivity index (χ1v) is 9.45. The van der Waals surface area contributed by atoms with Gasteiger partial charge in [0.15, 0.2) is 0 Å². The van der Waals surface area contributed by atoms with E-state index in [0.29, 0.717) is 23.2 Å². The highest BCUT2D eigenvalue weighted by Gasteiger charge is 2.28. The standard InChI is InChI=1S/C14H24N2O2S2/c1-11-5-4-7-16(8-6-11)20(17,18)14-9-12(2)13(19-14)10-15-3/h9,11,15H,4-8,10H2,1-3H3. The van der Waals surface area contributed by atoms with Gasteiger partial charge in [0, 0.05) is 24.5 Å². The predicted octanol–water partition coefficient (Wildman–Crippen LogP) is 2.59. The van der Waals surface area contributed by atoms with Crippen molar-refractivity contribution in [2.45, 2.75) is 43.9 Å². The Bertz CT molecular complexity index is 552. The Morgan fingerprint density at radius 1 is 1.40 bits per heavy atom. The highest BCUT2D eigenvalue weighted by Crippen LogP contribution is 2.30. The highest BCUT2D eigenvalue weighted by molar-refractivity contribution is 7.91. The van der Waals surface area contributed by atoms with Gasteiger partial charge in [0.2, 0.25) is 0 Å². The maximum atomic E-state index is 12.7. The molecule has 114 valence electrons. The van der Waals surface area contributed by atoms with Crippen LogP contribution in [0.1, 0.15) is 36.6 Å². The van der Waals surface area contributed by atoms with Gasteiger partial charge in [-0.15, -0.1) is 11.3 Å². The van der Waals surface area contributed by atoms with Crippen LogP contribution in [0.3, 0.4) is 0 Å². The fourth-order valence-electron chi connectivity index (χ4n) is 2.56. The number of sulfonamides is 1. The zero-order valence-electron chi connectivity index (χ0n) is 12.5. The molecule has 1 aliphatic heterocycles. The van der Waals surface area contributed by atoms with Gasteiger partial charge in [0.05, 0.1) is 0 Å². The Kier molecular flexibility index (Phi) is 5.23. The number of rotatable bonds is 4. The number of hydrogen-bond acceptors (Lipinski definition) is 4. The number of aryl methyl sites for hydroxylation is 1. The third-order valence-corrected chi connectivity index (χ3v) is 7.49. The van der Waals surface area contributed by atoms with E-state index in [1.54, 1.807) is 4.31 Å². The molecule has 0 aliphatic carbocycles. The monoisotopic (exact) mass is 316 g/mol. The zero-order valence-corrected chi connectivity index (χ0v) is 14.1. The van der Waals surface area contributed by atoms with Crippen LogP contribution < -0.4 is 5.32 Å². The van der Waals surface area contributed by atoms with Crippen molar-refractivity contribution in [2.75, 3.05) is 20.1 Å². The average Bonchev–Trinajstić information content (AvgIpc) is 2.62. The molecule has 1 fully saturated rings. The number of hydrogen-bond donors (Lipinski definition) is 1. The molecule has 1 atom stereocenters. The maximum Gasteiger partial charge on any atom is 0.252 e. The van der Waals surface area contributed by atoms with E-state index in [-0.39, 0.29) is 0 Å². The molecular weight excluding hydrogens is 292 g/mol. The first-order chi connectivity index (χ1) is 9.45. The molecule has 2 heterocycles. The summed E-state index contributed by atoms with van der Waals surface area (Å²) in [5.41, 5.74) is 1.06. The van der Waals surface area contributed by atoms with Crippen molar-refractivity contribution < 1.29 is 8.42 Å². The summed E-state index contributed by atoms with van der Waals surface area (Å²) in [6, 6.07) is 1.82. The van der Waals surface area contributed by atoms with E-state index in [1.807, 2.05) is 20.0 Å². The van der Waals surface area contributed by atoms with Crippen LogP contribution >= 0.6 is 11.3 Å². The minimum absolute atomic E-state index is 0.495. The Hall–Kier alpha value is -0.430. The lowest BCUT2D eigenvalue weighted by Crippen LogP contribution is -2.31. The van der Waals surface area contributed by atoms with Crippen LogP contribution in [0.15, 0.2) is 10.3 Å². The van der Waals surface area contributed by atoms with Crippen LogP contribution in [0.5, 0.6) is 0 Å². The molecule has 1 aliphatic rings. The van der Waals surface area contributed by atoms with Crippen molar-refractivity contribution in [3.05, 3.63) is 16.5 Å². The smallest absolute Gasteiger partial charge is 0.252 e. The van der Waals surface area contributed by atoms with E-state index in [1.165, 1.54) is 11.3 Å². The van der Waals surface area contributed by atoms with Gasteiger partial charge in [-0.25, -0.2) is 8.42 Å². The second-order valence-corrected chi connectivity index (χ2v) is 8.94. The predicted molar refractivity (Wildman–Crippen MR) is 83.6 cm³/mol. The summed E-state index contributed by atoms with van der Waals surface area (Å²) in [6.45, 7) is 6.22. The van der Waals surface area contributed by atoms with E-state index >= 15 is 0 Å². The van der Waals surface area contributed by atoms with Crippen LogP contribution in [0.25, 0.3) is 0 Å². The fourth-order valence-corrected chi connectivity index (χ4v) is 5.81. The first-order valence-electron chi connectivity index (χ1n) is 7.19. The van der Waals surface area contributed by atoms with E-state index < -0.39 is 10.0 Å². The van der Waals surface area contributed by atoms with E-state index in [4.69, 9.17) is 0 Å². The van der Waals surface area contributed by atoms with Gasteiger partial charge >= 0.3 is 0 Å². The van der Waals surface area contributed by atoms with E-state index in [9.17, 15) is 8.42 Å². The lowest BCUT2D eigenvalue weighted by Gasteiger charge is -2.18. The van der Waals surface area contributed by atoms with Gasteiger partial charge < -0.3 is 5.32 Å². The SMILES string of the molecule is CNCc1sc(S(=O)(=O)N2CCCC(C)CC2)cc1C. The summed E-state index contributed by atoms with van der Waals surface area (Å²) in [5.74, 6) is 0.625. The van der Waals surface area contributed by atoms with Gasteiger partial charge in [-0.2, -0.15) is 4.31 Å². The second-order valence-electron chi connectivity index (χ2n) is 5.64. The third kappa shape index (κ3) is 3.42. The minimum atomic E-state index is -3.30. The molecule has 1 N–H and O–H groups in total. The molecule has 1 saturated heterocycles. The van der Waals surface area contributed by atoms with Gasteiger partial charge in [0.1, 0.15) is 4.21 Å². The zero-order chi connectivity index (χ0) is 14.8. The summed E-state index contributed by atoms with van der Waals surface area (Å²) in [6.07, 6.45) is 3.06. The lowest BCUT2D eigenvalue weighted by molar-refractivity contribution is 0.418. The van der Waals surface area contributed by atoms with Crippen LogP contribution in [0.2, 0.25) is 0 Å². The fraction of sp³-hybridized carbons (Fsp3) is 0.714. The summed E-state index contributed by atoms with van der Waals surface area (Å²) in [4.78, 5) is 1.11. The molecule has 4 nitrogen and oxygen atoms in total. The highest BCUT2D eigenvalue weighted by atomic mass is 32.2. The van der Waals surface area contributed by atoms with Crippen LogP contribution in [-0.4, -0.2) is 32.9 Å². The van der Waals surface area contributed by atoms with Crippen LogP contribution in [0.4, 0.5) is 0 Å². The molecule has 1 unspecified atom stereocenters. The topological polar surface area (TPSA) is 49.4 Å². The quantitative estimate of drug-likeness (QED) is 0.929. The molecule has 0 spiro atoms. The number of nitrogens with one attached hydrogen (secondary N) is 1. The molecule has 1 aromatic heterocycles. The van der Waals surface area contributed by atoms with Crippen LogP contribution in [-0.2, 0) is 16.6 Å². The maximum absolute atomic E-state index is 12.7. The van der Waals surface area contributed by atoms with Crippen molar-refractivity contribution in [3.63, 3.8) is 0 Å². The van der Waals surface area contributed by atoms with Crippen molar-refractivity contribution in [3.8, 4) is 0 Å². The summed E-state index contributed by atoms with van der Waals surface area (Å²) < 4.78 is 27.6. The molecular formula is C14H24N2O2S2. The Morgan fingerprint density at radius 2 is 2.15 bits per heavy atom. The molecule has 0 saturated carbocycles. The average molecular weight is 316 g/mol. The van der Waals surface area contributed by atoms with Gasteiger partial charge in [-0.3, -0.25) is 0 Å². The second kappa shape index (κ2) is 6.56. The van der Waals surface area contributed by atoms with Crippen molar-refractivity contribution in [1.29, 1.82) is 0 Å². The molecule has 6 heteroatoms. The van der Waals surface area contributed by atoms with Gasteiger partial charge in [-0.05, 0) is 50.8 Å². The van der Waals surface area contributed by atoms with Crippen molar-refractivity contribution >= 4 is 21.4 Å².